The summed E-state index contributed by atoms with van der Waals surface area (Å²) in [6, 6.07) is 15.2. The van der Waals surface area contributed by atoms with Gasteiger partial charge >= 0.3 is 0 Å². The molecule has 0 N–H and O–H groups in total. The van der Waals surface area contributed by atoms with Gasteiger partial charge in [-0.2, -0.15) is 0 Å². The fourth-order valence-electron chi connectivity index (χ4n) is 2.05. The van der Waals surface area contributed by atoms with Crippen LogP contribution in [0.15, 0.2) is 53.0 Å². The standard InChI is InChI=1S/C16H14BrClO3/c17-12-3-1-11(2-4-12)16-20-10-15(21-16)9-19-14-7-5-13(18)6-8-14/h1-8,15-16H,9-10H2/t15-,16-/m1/s1. The lowest BCUT2D eigenvalue weighted by molar-refractivity contribution is -0.0659. The summed E-state index contributed by atoms with van der Waals surface area (Å²) in [7, 11) is 0. The van der Waals surface area contributed by atoms with E-state index in [1.807, 2.05) is 36.4 Å². The van der Waals surface area contributed by atoms with Gasteiger partial charge in [0, 0.05) is 15.1 Å². The molecule has 2 aromatic rings. The lowest BCUT2D eigenvalue weighted by atomic mass is 10.2. The van der Waals surface area contributed by atoms with E-state index in [4.69, 9.17) is 25.8 Å². The fourth-order valence-corrected chi connectivity index (χ4v) is 2.44. The van der Waals surface area contributed by atoms with Crippen LogP contribution in [-0.4, -0.2) is 19.3 Å². The van der Waals surface area contributed by atoms with Crippen molar-refractivity contribution < 1.29 is 14.2 Å². The molecular formula is C16H14BrClO3. The van der Waals surface area contributed by atoms with Crippen molar-refractivity contribution in [3.8, 4) is 5.75 Å². The molecule has 1 heterocycles. The van der Waals surface area contributed by atoms with Crippen LogP contribution in [0.4, 0.5) is 0 Å². The van der Waals surface area contributed by atoms with Crippen LogP contribution in [0.2, 0.25) is 5.02 Å². The quantitative estimate of drug-likeness (QED) is 0.788. The Morgan fingerprint density at radius 1 is 1.10 bits per heavy atom. The van der Waals surface area contributed by atoms with Gasteiger partial charge in [0.15, 0.2) is 6.29 Å². The number of benzene rings is 2. The minimum atomic E-state index is -0.322. The molecule has 2 atom stereocenters. The molecule has 21 heavy (non-hydrogen) atoms. The van der Waals surface area contributed by atoms with Gasteiger partial charge < -0.3 is 14.2 Å². The molecular weight excluding hydrogens is 356 g/mol. The highest BCUT2D eigenvalue weighted by atomic mass is 79.9. The molecule has 0 bridgehead atoms. The highest BCUT2D eigenvalue weighted by molar-refractivity contribution is 9.10. The van der Waals surface area contributed by atoms with Gasteiger partial charge in [0.2, 0.25) is 0 Å². The molecule has 1 fully saturated rings. The van der Waals surface area contributed by atoms with E-state index < -0.39 is 0 Å². The van der Waals surface area contributed by atoms with Crippen molar-refractivity contribution in [1.29, 1.82) is 0 Å². The van der Waals surface area contributed by atoms with Crippen LogP contribution in [0.25, 0.3) is 0 Å². The Kier molecular flexibility index (Phi) is 4.80. The van der Waals surface area contributed by atoms with E-state index in [0.717, 1.165) is 15.8 Å². The second-order valence-electron chi connectivity index (χ2n) is 4.74. The van der Waals surface area contributed by atoms with Crippen molar-refractivity contribution in [3.63, 3.8) is 0 Å². The van der Waals surface area contributed by atoms with Gasteiger partial charge in [0.05, 0.1) is 6.61 Å². The monoisotopic (exact) mass is 368 g/mol. The Labute approximate surface area is 136 Å². The molecule has 2 aromatic carbocycles. The fraction of sp³-hybridized carbons (Fsp3) is 0.250. The summed E-state index contributed by atoms with van der Waals surface area (Å²) >= 11 is 9.24. The first kappa shape index (κ1) is 14.9. The predicted molar refractivity (Wildman–Crippen MR) is 84.7 cm³/mol. The van der Waals surface area contributed by atoms with Crippen LogP contribution < -0.4 is 4.74 Å². The zero-order valence-corrected chi connectivity index (χ0v) is 13.5. The second kappa shape index (κ2) is 6.79. The van der Waals surface area contributed by atoms with Crippen molar-refractivity contribution >= 4 is 27.5 Å². The van der Waals surface area contributed by atoms with E-state index in [9.17, 15) is 0 Å². The van der Waals surface area contributed by atoms with E-state index in [-0.39, 0.29) is 12.4 Å². The van der Waals surface area contributed by atoms with Crippen LogP contribution in [-0.2, 0) is 9.47 Å². The van der Waals surface area contributed by atoms with Crippen molar-refractivity contribution in [2.24, 2.45) is 0 Å². The topological polar surface area (TPSA) is 27.7 Å². The third-order valence-electron chi connectivity index (χ3n) is 3.14. The van der Waals surface area contributed by atoms with Gasteiger partial charge in [-0.15, -0.1) is 0 Å². The maximum atomic E-state index is 5.84. The van der Waals surface area contributed by atoms with Crippen molar-refractivity contribution in [2.75, 3.05) is 13.2 Å². The van der Waals surface area contributed by atoms with E-state index in [2.05, 4.69) is 15.9 Å². The van der Waals surface area contributed by atoms with Crippen LogP contribution in [0, 0.1) is 0 Å². The molecule has 3 nitrogen and oxygen atoms in total. The Bertz CT molecular complexity index is 585. The van der Waals surface area contributed by atoms with Crippen LogP contribution in [0.5, 0.6) is 5.75 Å². The average Bonchev–Trinajstić information content (AvgIpc) is 2.96. The molecule has 1 saturated heterocycles. The van der Waals surface area contributed by atoms with Crippen molar-refractivity contribution in [2.45, 2.75) is 12.4 Å². The minimum Gasteiger partial charge on any atom is -0.491 e. The third kappa shape index (κ3) is 3.98. The smallest absolute Gasteiger partial charge is 0.184 e. The van der Waals surface area contributed by atoms with Crippen LogP contribution >= 0.6 is 27.5 Å². The molecule has 110 valence electrons. The van der Waals surface area contributed by atoms with Gasteiger partial charge in [0.1, 0.15) is 18.5 Å². The Balaban J connectivity index is 1.52. The first-order valence-electron chi connectivity index (χ1n) is 6.61. The number of halogens is 2. The summed E-state index contributed by atoms with van der Waals surface area (Å²) in [5.74, 6) is 0.773. The number of rotatable bonds is 4. The SMILES string of the molecule is Clc1ccc(OC[C@@H]2CO[C@@H](c3ccc(Br)cc3)O2)cc1. The zero-order valence-electron chi connectivity index (χ0n) is 11.2. The van der Waals surface area contributed by atoms with Gasteiger partial charge in [-0.25, -0.2) is 0 Å². The second-order valence-corrected chi connectivity index (χ2v) is 6.09. The number of ether oxygens (including phenoxy) is 3. The summed E-state index contributed by atoms with van der Waals surface area (Å²) in [5, 5.41) is 0.693. The molecule has 1 aliphatic rings. The summed E-state index contributed by atoms with van der Waals surface area (Å²) in [4.78, 5) is 0. The Hall–Kier alpha value is -1.07. The molecule has 3 rings (SSSR count). The molecule has 0 saturated carbocycles. The Morgan fingerprint density at radius 3 is 2.52 bits per heavy atom. The highest BCUT2D eigenvalue weighted by Crippen LogP contribution is 2.28. The number of hydrogen-bond donors (Lipinski definition) is 0. The summed E-state index contributed by atoms with van der Waals surface area (Å²) < 4.78 is 18.2. The molecule has 0 radical (unpaired) electrons. The van der Waals surface area contributed by atoms with Gasteiger partial charge in [-0.1, -0.05) is 39.7 Å². The van der Waals surface area contributed by atoms with Crippen LogP contribution in [0.3, 0.4) is 0 Å². The number of hydrogen-bond acceptors (Lipinski definition) is 3. The molecule has 0 aliphatic carbocycles. The predicted octanol–water partition coefficient (Wildman–Crippen LogP) is 4.60. The maximum absolute atomic E-state index is 5.84. The van der Waals surface area contributed by atoms with E-state index >= 15 is 0 Å². The molecule has 0 aromatic heterocycles. The first-order chi connectivity index (χ1) is 10.2. The third-order valence-corrected chi connectivity index (χ3v) is 3.92. The summed E-state index contributed by atoms with van der Waals surface area (Å²) in [5.41, 5.74) is 1.01. The van der Waals surface area contributed by atoms with Gasteiger partial charge in [-0.3, -0.25) is 0 Å². The molecule has 1 aliphatic heterocycles. The first-order valence-corrected chi connectivity index (χ1v) is 7.79. The molecule has 5 heteroatoms. The van der Waals surface area contributed by atoms with Gasteiger partial charge in [0.25, 0.3) is 0 Å². The largest absolute Gasteiger partial charge is 0.491 e. The zero-order chi connectivity index (χ0) is 14.7. The lowest BCUT2D eigenvalue weighted by Crippen LogP contribution is -2.19. The Morgan fingerprint density at radius 2 is 1.81 bits per heavy atom. The van der Waals surface area contributed by atoms with Crippen molar-refractivity contribution in [1.82, 2.24) is 0 Å². The lowest BCUT2D eigenvalue weighted by Gasteiger charge is -2.13. The minimum absolute atomic E-state index is 0.0747. The van der Waals surface area contributed by atoms with E-state index in [1.54, 1.807) is 12.1 Å². The summed E-state index contributed by atoms with van der Waals surface area (Å²) in [6.45, 7) is 0.975. The summed E-state index contributed by atoms with van der Waals surface area (Å²) in [6.07, 6.45) is -0.397. The van der Waals surface area contributed by atoms with Crippen molar-refractivity contribution in [3.05, 3.63) is 63.6 Å². The molecule has 0 amide bonds. The van der Waals surface area contributed by atoms with E-state index in [1.165, 1.54) is 0 Å². The highest BCUT2D eigenvalue weighted by Gasteiger charge is 2.27. The normalized spacial score (nSPS) is 21.4. The molecule has 0 unspecified atom stereocenters. The van der Waals surface area contributed by atoms with Crippen LogP contribution in [0.1, 0.15) is 11.9 Å². The maximum Gasteiger partial charge on any atom is 0.184 e. The molecule has 0 spiro atoms. The van der Waals surface area contributed by atoms with Gasteiger partial charge in [-0.05, 0) is 36.4 Å². The van der Waals surface area contributed by atoms with E-state index in [0.29, 0.717) is 18.2 Å². The average molecular weight is 370 g/mol.